The number of halogens is 1. The number of hydrogen-bond donors (Lipinski definition) is 1. The smallest absolute Gasteiger partial charge is 0.188 e. The third-order valence-corrected chi connectivity index (χ3v) is 4.24. The van der Waals surface area contributed by atoms with E-state index in [4.69, 9.17) is 9.47 Å². The van der Waals surface area contributed by atoms with Gasteiger partial charge in [-0.05, 0) is 37.6 Å². The van der Waals surface area contributed by atoms with E-state index in [9.17, 15) is 4.39 Å². The van der Waals surface area contributed by atoms with Crippen molar-refractivity contribution >= 4 is 11.5 Å². The summed E-state index contributed by atoms with van der Waals surface area (Å²) in [7, 11) is 0. The minimum absolute atomic E-state index is 0.0638. The van der Waals surface area contributed by atoms with Gasteiger partial charge >= 0.3 is 0 Å². The number of rotatable bonds is 6. The molecule has 2 aromatic heterocycles. The largest absolute Gasteiger partial charge is 0.379 e. The molecule has 26 heavy (non-hydrogen) atoms. The van der Waals surface area contributed by atoms with Gasteiger partial charge in [-0.2, -0.15) is 4.52 Å². The van der Waals surface area contributed by atoms with E-state index in [0.717, 1.165) is 13.0 Å². The van der Waals surface area contributed by atoms with E-state index in [-0.39, 0.29) is 18.0 Å². The van der Waals surface area contributed by atoms with Gasteiger partial charge in [0, 0.05) is 12.6 Å². The highest BCUT2D eigenvalue weighted by molar-refractivity contribution is 5.60. The minimum atomic E-state index is -0.359. The Bertz CT molecular complexity index is 894. The molecule has 136 valence electrons. The molecule has 1 saturated heterocycles. The average molecular weight is 357 g/mol. The molecule has 1 aromatic carbocycles. The Morgan fingerprint density at radius 2 is 2.19 bits per heavy atom. The van der Waals surface area contributed by atoms with E-state index in [1.807, 2.05) is 13.0 Å². The second-order valence-corrected chi connectivity index (χ2v) is 6.36. The SMILES string of the molecule is CC(COC1CCOC1)Nc1ccc2nnc(-c3ccccc3F)n2n1. The maximum Gasteiger partial charge on any atom is 0.188 e. The van der Waals surface area contributed by atoms with Gasteiger partial charge in [-0.25, -0.2) is 4.39 Å². The Morgan fingerprint density at radius 3 is 3.00 bits per heavy atom. The van der Waals surface area contributed by atoms with Gasteiger partial charge in [0.25, 0.3) is 0 Å². The van der Waals surface area contributed by atoms with Gasteiger partial charge in [-0.15, -0.1) is 15.3 Å². The monoisotopic (exact) mass is 357 g/mol. The summed E-state index contributed by atoms with van der Waals surface area (Å²) in [6.07, 6.45) is 1.10. The second-order valence-electron chi connectivity index (χ2n) is 6.36. The van der Waals surface area contributed by atoms with Crippen LogP contribution in [0.3, 0.4) is 0 Å². The molecule has 0 amide bonds. The van der Waals surface area contributed by atoms with Crippen LogP contribution < -0.4 is 5.32 Å². The van der Waals surface area contributed by atoms with Gasteiger partial charge in [0.1, 0.15) is 11.6 Å². The third kappa shape index (κ3) is 3.51. The van der Waals surface area contributed by atoms with Crippen molar-refractivity contribution in [3.05, 3.63) is 42.2 Å². The number of anilines is 1. The predicted octanol–water partition coefficient (Wildman–Crippen LogP) is 2.54. The Labute approximate surface area is 150 Å². The number of nitrogens with zero attached hydrogens (tertiary/aromatic N) is 4. The minimum Gasteiger partial charge on any atom is -0.379 e. The van der Waals surface area contributed by atoms with Crippen LogP contribution in [0.1, 0.15) is 13.3 Å². The molecule has 2 atom stereocenters. The van der Waals surface area contributed by atoms with Crippen molar-refractivity contribution in [3.63, 3.8) is 0 Å². The predicted molar refractivity (Wildman–Crippen MR) is 94.4 cm³/mol. The van der Waals surface area contributed by atoms with E-state index < -0.39 is 0 Å². The summed E-state index contributed by atoms with van der Waals surface area (Å²) in [6, 6.07) is 10.1. The lowest BCUT2D eigenvalue weighted by Gasteiger charge is -2.17. The molecular formula is C18H20FN5O2. The van der Waals surface area contributed by atoms with Crippen molar-refractivity contribution in [1.29, 1.82) is 0 Å². The standard InChI is InChI=1S/C18H20FN5O2/c1-12(10-26-13-8-9-25-11-13)20-16-6-7-17-21-22-18(24(17)23-16)14-4-2-3-5-15(14)19/h2-7,12-13H,8-11H2,1H3,(H,20,23). The summed E-state index contributed by atoms with van der Waals surface area (Å²) in [6.45, 7) is 3.99. The van der Waals surface area contributed by atoms with Crippen LogP contribution in [0.5, 0.6) is 0 Å². The molecule has 2 unspecified atom stereocenters. The molecule has 4 rings (SSSR count). The molecule has 0 saturated carbocycles. The first kappa shape index (κ1) is 16.9. The van der Waals surface area contributed by atoms with Gasteiger partial charge < -0.3 is 14.8 Å². The first-order valence-electron chi connectivity index (χ1n) is 8.64. The van der Waals surface area contributed by atoms with Gasteiger partial charge in [-0.1, -0.05) is 12.1 Å². The van der Waals surface area contributed by atoms with Crippen molar-refractivity contribution in [3.8, 4) is 11.4 Å². The molecule has 1 aliphatic heterocycles. The number of fused-ring (bicyclic) bond motifs is 1. The number of benzene rings is 1. The topological polar surface area (TPSA) is 73.6 Å². The molecule has 0 aliphatic carbocycles. The van der Waals surface area contributed by atoms with Crippen LogP contribution in [0.15, 0.2) is 36.4 Å². The molecule has 1 aliphatic rings. The lowest BCUT2D eigenvalue weighted by atomic mass is 10.2. The van der Waals surface area contributed by atoms with E-state index in [1.54, 1.807) is 28.8 Å². The normalized spacial score (nSPS) is 18.3. The summed E-state index contributed by atoms with van der Waals surface area (Å²) in [5.74, 6) is 0.657. The van der Waals surface area contributed by atoms with Gasteiger partial charge in [0.15, 0.2) is 11.5 Å². The first-order chi connectivity index (χ1) is 12.7. The second kappa shape index (κ2) is 7.35. The summed E-state index contributed by atoms with van der Waals surface area (Å²) in [5.41, 5.74) is 0.920. The summed E-state index contributed by atoms with van der Waals surface area (Å²) < 4.78 is 26.8. The van der Waals surface area contributed by atoms with Crippen molar-refractivity contribution in [2.75, 3.05) is 25.1 Å². The molecule has 0 bridgehead atoms. The quantitative estimate of drug-likeness (QED) is 0.731. The number of nitrogens with one attached hydrogen (secondary N) is 1. The Morgan fingerprint density at radius 1 is 1.31 bits per heavy atom. The molecule has 1 fully saturated rings. The molecule has 0 spiro atoms. The van der Waals surface area contributed by atoms with Gasteiger partial charge in [0.05, 0.1) is 24.9 Å². The number of ether oxygens (including phenoxy) is 2. The van der Waals surface area contributed by atoms with E-state index in [1.165, 1.54) is 6.07 Å². The zero-order chi connectivity index (χ0) is 17.9. The lowest BCUT2D eigenvalue weighted by molar-refractivity contribution is 0.0394. The fourth-order valence-corrected chi connectivity index (χ4v) is 2.90. The summed E-state index contributed by atoms with van der Waals surface area (Å²) in [4.78, 5) is 0. The van der Waals surface area contributed by atoms with Crippen molar-refractivity contribution < 1.29 is 13.9 Å². The zero-order valence-corrected chi connectivity index (χ0v) is 14.4. The zero-order valence-electron chi connectivity index (χ0n) is 14.4. The van der Waals surface area contributed by atoms with E-state index >= 15 is 0 Å². The fourth-order valence-electron chi connectivity index (χ4n) is 2.90. The van der Waals surface area contributed by atoms with Crippen molar-refractivity contribution in [1.82, 2.24) is 19.8 Å². The van der Waals surface area contributed by atoms with Crippen molar-refractivity contribution in [2.45, 2.75) is 25.5 Å². The van der Waals surface area contributed by atoms with E-state index in [0.29, 0.717) is 36.1 Å². The highest BCUT2D eigenvalue weighted by atomic mass is 19.1. The summed E-state index contributed by atoms with van der Waals surface area (Å²) >= 11 is 0. The highest BCUT2D eigenvalue weighted by Crippen LogP contribution is 2.21. The molecule has 8 heteroatoms. The van der Waals surface area contributed by atoms with Crippen LogP contribution >= 0.6 is 0 Å². The number of aromatic nitrogens is 4. The van der Waals surface area contributed by atoms with Gasteiger partial charge in [0.2, 0.25) is 0 Å². The molecule has 0 radical (unpaired) electrons. The fraction of sp³-hybridized carbons (Fsp3) is 0.389. The van der Waals surface area contributed by atoms with Crippen LogP contribution in [0.2, 0.25) is 0 Å². The average Bonchev–Trinajstić information content (AvgIpc) is 3.30. The lowest BCUT2D eigenvalue weighted by Crippen LogP contribution is -2.26. The van der Waals surface area contributed by atoms with Crippen LogP contribution in [-0.4, -0.2) is 51.8 Å². The van der Waals surface area contributed by atoms with Crippen molar-refractivity contribution in [2.24, 2.45) is 0 Å². The van der Waals surface area contributed by atoms with E-state index in [2.05, 4.69) is 20.6 Å². The molecule has 3 aromatic rings. The van der Waals surface area contributed by atoms with Gasteiger partial charge in [-0.3, -0.25) is 0 Å². The molecule has 1 N–H and O–H groups in total. The van der Waals surface area contributed by atoms with Crippen LogP contribution in [0.4, 0.5) is 10.2 Å². The maximum atomic E-state index is 14.1. The first-order valence-corrected chi connectivity index (χ1v) is 8.64. The molecular weight excluding hydrogens is 337 g/mol. The molecule has 7 nitrogen and oxygen atoms in total. The van der Waals surface area contributed by atoms with Crippen LogP contribution in [0, 0.1) is 5.82 Å². The van der Waals surface area contributed by atoms with Crippen LogP contribution in [0.25, 0.3) is 17.0 Å². The Kier molecular flexibility index (Phi) is 4.77. The summed E-state index contributed by atoms with van der Waals surface area (Å²) in [5, 5.41) is 15.9. The maximum absolute atomic E-state index is 14.1. The van der Waals surface area contributed by atoms with Crippen LogP contribution in [-0.2, 0) is 9.47 Å². The highest BCUT2D eigenvalue weighted by Gasteiger charge is 2.18. The number of hydrogen-bond acceptors (Lipinski definition) is 6. The molecule has 3 heterocycles. The third-order valence-electron chi connectivity index (χ3n) is 4.24. The Hall–Kier alpha value is -2.58. The Balaban J connectivity index is 1.51.